The lowest BCUT2D eigenvalue weighted by atomic mass is 10.3. The number of hydrogen-bond acceptors (Lipinski definition) is 3. The molecule has 0 spiro atoms. The van der Waals surface area contributed by atoms with Gasteiger partial charge >= 0.3 is 0 Å². The van der Waals surface area contributed by atoms with Crippen LogP contribution in [0.15, 0.2) is 23.8 Å². The Balaban J connectivity index is 2.30. The van der Waals surface area contributed by atoms with Gasteiger partial charge in [0.15, 0.2) is 11.5 Å². The summed E-state index contributed by atoms with van der Waals surface area (Å²) in [6.45, 7) is 1.20. The van der Waals surface area contributed by atoms with E-state index in [2.05, 4.69) is 5.32 Å². The monoisotopic (exact) mass is 125 g/mol. The zero-order chi connectivity index (χ0) is 6.10. The van der Waals surface area contributed by atoms with Gasteiger partial charge in [-0.15, -0.1) is 0 Å². The van der Waals surface area contributed by atoms with Crippen molar-refractivity contribution in [3.63, 3.8) is 0 Å². The van der Waals surface area contributed by atoms with Gasteiger partial charge in [-0.3, -0.25) is 0 Å². The quantitative estimate of drug-likeness (QED) is 0.505. The van der Waals surface area contributed by atoms with Gasteiger partial charge in [-0.2, -0.15) is 0 Å². The third kappa shape index (κ3) is 0.650. The van der Waals surface area contributed by atoms with Crippen LogP contribution in [-0.4, -0.2) is 13.3 Å². The summed E-state index contributed by atoms with van der Waals surface area (Å²) in [5.41, 5.74) is 0. The van der Waals surface area contributed by atoms with Crippen LogP contribution in [0.4, 0.5) is 0 Å². The first-order chi connectivity index (χ1) is 4.47. The van der Waals surface area contributed by atoms with Crippen LogP contribution in [0.1, 0.15) is 0 Å². The van der Waals surface area contributed by atoms with Crippen molar-refractivity contribution in [2.24, 2.45) is 0 Å². The number of dihydropyridines is 1. The van der Waals surface area contributed by atoms with E-state index < -0.39 is 0 Å². The van der Waals surface area contributed by atoms with Crippen LogP contribution in [0.3, 0.4) is 0 Å². The fraction of sp³-hybridized carbons (Fsp3) is 0.333. The predicted molar refractivity (Wildman–Crippen MR) is 31.2 cm³/mol. The Labute approximate surface area is 53.0 Å². The van der Waals surface area contributed by atoms with Crippen molar-refractivity contribution >= 4 is 0 Å². The van der Waals surface area contributed by atoms with E-state index in [-0.39, 0.29) is 0 Å². The zero-order valence-corrected chi connectivity index (χ0v) is 4.89. The Morgan fingerprint density at radius 2 is 2.22 bits per heavy atom. The molecule has 0 aliphatic carbocycles. The molecule has 3 nitrogen and oxygen atoms in total. The van der Waals surface area contributed by atoms with Crippen molar-refractivity contribution < 1.29 is 9.47 Å². The molecule has 48 valence electrons. The number of ether oxygens (including phenoxy) is 2. The normalized spacial score (nSPS) is 22.2. The maximum Gasteiger partial charge on any atom is 0.231 e. The summed E-state index contributed by atoms with van der Waals surface area (Å²) in [5, 5.41) is 3.01. The average molecular weight is 125 g/mol. The third-order valence-electron chi connectivity index (χ3n) is 1.31. The van der Waals surface area contributed by atoms with Crippen molar-refractivity contribution in [2.75, 3.05) is 13.3 Å². The summed E-state index contributed by atoms with van der Waals surface area (Å²) in [6.07, 6.45) is 3.78. The Morgan fingerprint density at radius 1 is 1.33 bits per heavy atom. The second-order valence-electron chi connectivity index (χ2n) is 1.89. The minimum Gasteiger partial charge on any atom is -0.454 e. The third-order valence-corrected chi connectivity index (χ3v) is 1.31. The molecule has 0 amide bonds. The molecule has 0 atom stereocenters. The molecule has 0 aromatic heterocycles. The van der Waals surface area contributed by atoms with E-state index in [0.717, 1.165) is 18.1 Å². The number of fused-ring (bicyclic) bond motifs is 1. The van der Waals surface area contributed by atoms with E-state index in [1.165, 1.54) is 0 Å². The van der Waals surface area contributed by atoms with E-state index in [1.807, 2.05) is 12.3 Å². The molecule has 1 N–H and O–H groups in total. The Kier molecular flexibility index (Phi) is 0.886. The van der Waals surface area contributed by atoms with Gasteiger partial charge in [0.2, 0.25) is 6.79 Å². The van der Waals surface area contributed by atoms with E-state index in [1.54, 1.807) is 0 Å². The Hall–Kier alpha value is -1.12. The van der Waals surface area contributed by atoms with Gasteiger partial charge in [-0.05, 0) is 6.08 Å². The highest BCUT2D eigenvalue weighted by Gasteiger charge is 2.17. The zero-order valence-electron chi connectivity index (χ0n) is 4.89. The smallest absolute Gasteiger partial charge is 0.231 e. The molecular formula is C6H7NO2. The lowest BCUT2D eigenvalue weighted by molar-refractivity contribution is 0.0977. The van der Waals surface area contributed by atoms with Crippen LogP contribution >= 0.6 is 0 Å². The second kappa shape index (κ2) is 1.69. The highest BCUT2D eigenvalue weighted by molar-refractivity contribution is 5.25. The summed E-state index contributed by atoms with van der Waals surface area (Å²) in [7, 11) is 0. The number of rotatable bonds is 0. The molecule has 1 saturated heterocycles. The lowest BCUT2D eigenvalue weighted by Crippen LogP contribution is -2.11. The topological polar surface area (TPSA) is 30.5 Å². The SMILES string of the molecule is C1=C2OCOC2=CNC1. The van der Waals surface area contributed by atoms with Crippen LogP contribution in [0.25, 0.3) is 0 Å². The summed E-state index contributed by atoms with van der Waals surface area (Å²) in [6, 6.07) is 0. The van der Waals surface area contributed by atoms with Crippen LogP contribution in [0, 0.1) is 0 Å². The van der Waals surface area contributed by atoms with Crippen molar-refractivity contribution in [3.05, 3.63) is 23.8 Å². The molecule has 0 aromatic rings. The molecule has 3 heteroatoms. The molecule has 9 heavy (non-hydrogen) atoms. The number of hydrogen-bond donors (Lipinski definition) is 1. The molecule has 0 radical (unpaired) electrons. The van der Waals surface area contributed by atoms with Gasteiger partial charge in [-0.1, -0.05) is 0 Å². The Bertz CT molecular complexity index is 163. The van der Waals surface area contributed by atoms with E-state index in [9.17, 15) is 0 Å². The molecule has 2 aliphatic rings. The molecule has 2 rings (SSSR count). The molecular weight excluding hydrogens is 118 g/mol. The summed E-state index contributed by atoms with van der Waals surface area (Å²) < 4.78 is 10.2. The molecule has 0 aromatic carbocycles. The van der Waals surface area contributed by atoms with Gasteiger partial charge in [0.1, 0.15) is 0 Å². The standard InChI is InChI=1S/C6H7NO2/c1-2-7-3-6-5(1)8-4-9-6/h1,3,7H,2,4H2. The maximum absolute atomic E-state index is 5.09. The fourth-order valence-electron chi connectivity index (χ4n) is 0.874. The van der Waals surface area contributed by atoms with Crippen molar-refractivity contribution in [1.82, 2.24) is 5.32 Å². The molecule has 2 aliphatic heterocycles. The predicted octanol–water partition coefficient (Wildman–Crippen LogP) is 0.319. The summed E-state index contributed by atoms with van der Waals surface area (Å²) in [5.74, 6) is 1.69. The van der Waals surface area contributed by atoms with E-state index in [0.29, 0.717) is 6.79 Å². The average Bonchev–Trinajstić information content (AvgIpc) is 2.33. The number of nitrogens with one attached hydrogen (secondary N) is 1. The van der Waals surface area contributed by atoms with E-state index >= 15 is 0 Å². The summed E-state index contributed by atoms with van der Waals surface area (Å²) in [4.78, 5) is 0. The van der Waals surface area contributed by atoms with Gasteiger partial charge in [0.25, 0.3) is 0 Å². The van der Waals surface area contributed by atoms with Crippen LogP contribution in [0.5, 0.6) is 0 Å². The first kappa shape index (κ1) is 4.73. The van der Waals surface area contributed by atoms with Gasteiger partial charge in [-0.25, -0.2) is 0 Å². The summed E-state index contributed by atoms with van der Waals surface area (Å²) >= 11 is 0. The largest absolute Gasteiger partial charge is 0.454 e. The van der Waals surface area contributed by atoms with Gasteiger partial charge < -0.3 is 14.8 Å². The van der Waals surface area contributed by atoms with Gasteiger partial charge in [0.05, 0.1) is 0 Å². The first-order valence-electron chi connectivity index (χ1n) is 2.86. The lowest BCUT2D eigenvalue weighted by Gasteiger charge is -2.04. The van der Waals surface area contributed by atoms with Crippen molar-refractivity contribution in [2.45, 2.75) is 0 Å². The van der Waals surface area contributed by atoms with Crippen LogP contribution in [0.2, 0.25) is 0 Å². The van der Waals surface area contributed by atoms with Gasteiger partial charge in [0, 0.05) is 12.7 Å². The maximum atomic E-state index is 5.09. The molecule has 1 fully saturated rings. The minimum absolute atomic E-state index is 0.360. The molecule has 0 saturated carbocycles. The molecule has 0 bridgehead atoms. The first-order valence-corrected chi connectivity index (χ1v) is 2.86. The van der Waals surface area contributed by atoms with E-state index in [4.69, 9.17) is 9.47 Å². The fourth-order valence-corrected chi connectivity index (χ4v) is 0.874. The van der Waals surface area contributed by atoms with Crippen molar-refractivity contribution in [3.8, 4) is 0 Å². The second-order valence-corrected chi connectivity index (χ2v) is 1.89. The van der Waals surface area contributed by atoms with Crippen LogP contribution in [-0.2, 0) is 9.47 Å². The highest BCUT2D eigenvalue weighted by Crippen LogP contribution is 2.20. The van der Waals surface area contributed by atoms with Crippen molar-refractivity contribution in [1.29, 1.82) is 0 Å². The van der Waals surface area contributed by atoms with Crippen LogP contribution < -0.4 is 5.32 Å². The minimum atomic E-state index is 0.360. The molecule has 2 heterocycles. The molecule has 0 unspecified atom stereocenters. The highest BCUT2D eigenvalue weighted by atomic mass is 16.7. The Morgan fingerprint density at radius 3 is 3.11 bits per heavy atom.